The SMILES string of the molecule is C[C@@H](NC(=O)[C@@H]1C[C@@]23COCCC/C=C/CCCCCCCCC(=O)N[C@@H](CCOc4ccccc4)C(=O)NCC(=O)N1[C@H]2C3)c1cc(C(=N)N)cs1. The molecule has 1 aliphatic carbocycles. The van der Waals surface area contributed by atoms with Gasteiger partial charge >= 0.3 is 0 Å². The van der Waals surface area contributed by atoms with Gasteiger partial charge in [0, 0.05) is 46.7 Å². The quantitative estimate of drug-likeness (QED) is 0.141. The van der Waals surface area contributed by atoms with Gasteiger partial charge in [0.1, 0.15) is 23.7 Å². The van der Waals surface area contributed by atoms with Crippen molar-refractivity contribution in [2.75, 3.05) is 26.4 Å². The van der Waals surface area contributed by atoms with Crippen LogP contribution >= 0.6 is 11.3 Å². The van der Waals surface area contributed by atoms with Crippen LogP contribution < -0.4 is 26.4 Å². The van der Waals surface area contributed by atoms with E-state index in [0.29, 0.717) is 37.4 Å². The number of nitrogens with two attached hydrogens (primary N) is 1. The van der Waals surface area contributed by atoms with Crippen LogP contribution in [-0.2, 0) is 23.9 Å². The maximum absolute atomic E-state index is 13.9. The number of nitrogens with zero attached hydrogens (tertiary/aromatic N) is 1. The monoisotopic (exact) mass is 748 g/mol. The third-order valence-electron chi connectivity index (χ3n) is 10.4. The number of ether oxygens (including phenoxy) is 2. The Morgan fingerprint density at radius 3 is 2.57 bits per heavy atom. The van der Waals surface area contributed by atoms with Crippen molar-refractivity contribution in [1.82, 2.24) is 20.9 Å². The second kappa shape index (κ2) is 19.7. The van der Waals surface area contributed by atoms with Gasteiger partial charge in [-0.05, 0) is 70.1 Å². The maximum Gasteiger partial charge on any atom is 0.243 e. The highest BCUT2D eigenvalue weighted by atomic mass is 32.1. The first-order valence-corrected chi connectivity index (χ1v) is 20.1. The normalized spacial score (nSPS) is 26.5. The number of hydrogen-bond acceptors (Lipinski definition) is 8. The van der Waals surface area contributed by atoms with Crippen molar-refractivity contribution in [2.45, 2.75) is 115 Å². The summed E-state index contributed by atoms with van der Waals surface area (Å²) in [7, 11) is 0. The standard InChI is InChI=1S/C40H56N6O6S/c1-28(33-22-29(26-53-33)37(41)42)44-39(50)32-23-40-24-34(40)46(32)36(48)25-43-38(49)31(19-21-52-30-16-12-11-13-17-30)45-35(47)18-14-9-7-5-3-2-4-6-8-10-15-20-51-27-40/h6,8,11-13,16-17,22,26,28,31-32,34H,2-5,7,9-10,14-15,18-21,23-25,27H2,1H3,(H3,41,42)(H,43,49)(H,44,50)(H,45,47)/b8-6+/t28-,31+,32+,34+,40-/m1/s1. The zero-order chi connectivity index (χ0) is 37.6. The highest BCUT2D eigenvalue weighted by Crippen LogP contribution is 2.59. The molecule has 0 unspecified atom stereocenters. The van der Waals surface area contributed by atoms with Crippen LogP contribution in [-0.4, -0.2) is 78.9 Å². The van der Waals surface area contributed by atoms with Crippen LogP contribution in [0.3, 0.4) is 0 Å². The number of rotatable bonds is 8. The summed E-state index contributed by atoms with van der Waals surface area (Å²) in [4.78, 5) is 56.8. The summed E-state index contributed by atoms with van der Waals surface area (Å²) in [6, 6.07) is 8.91. The molecule has 12 nitrogen and oxygen atoms in total. The average molecular weight is 749 g/mol. The zero-order valence-electron chi connectivity index (χ0n) is 30.9. The molecular weight excluding hydrogens is 693 g/mol. The van der Waals surface area contributed by atoms with Crippen LogP contribution in [0.4, 0.5) is 0 Å². The Bertz CT molecular complexity index is 1580. The molecule has 53 heavy (non-hydrogen) atoms. The number of nitrogens with one attached hydrogen (secondary N) is 4. The van der Waals surface area contributed by atoms with Crippen LogP contribution in [0.15, 0.2) is 53.9 Å². The molecule has 2 aliphatic heterocycles. The van der Waals surface area contributed by atoms with Crippen molar-refractivity contribution in [3.8, 4) is 5.75 Å². The van der Waals surface area contributed by atoms with Crippen LogP contribution in [0.5, 0.6) is 5.75 Å². The predicted molar refractivity (Wildman–Crippen MR) is 206 cm³/mol. The van der Waals surface area contributed by atoms with E-state index in [-0.39, 0.29) is 60.6 Å². The molecule has 288 valence electrons. The number of para-hydroxylation sites is 1. The molecule has 5 rings (SSSR count). The number of hydrogen-bond donors (Lipinski definition) is 5. The molecule has 3 aliphatic rings. The van der Waals surface area contributed by atoms with Gasteiger partial charge in [-0.15, -0.1) is 11.3 Å². The van der Waals surface area contributed by atoms with Gasteiger partial charge in [-0.25, -0.2) is 0 Å². The van der Waals surface area contributed by atoms with Gasteiger partial charge in [-0.2, -0.15) is 0 Å². The first-order valence-electron chi connectivity index (χ1n) is 19.2. The summed E-state index contributed by atoms with van der Waals surface area (Å²) in [6.45, 7) is 2.82. The lowest BCUT2D eigenvalue weighted by Gasteiger charge is -2.28. The molecule has 2 aromatic rings. The molecule has 3 heterocycles. The van der Waals surface area contributed by atoms with Gasteiger partial charge in [0.05, 0.1) is 25.8 Å². The number of carbonyl (C=O) groups is 4. The van der Waals surface area contributed by atoms with Gasteiger partial charge in [0.25, 0.3) is 0 Å². The smallest absolute Gasteiger partial charge is 0.243 e. The fourth-order valence-electron chi connectivity index (χ4n) is 7.32. The molecule has 0 spiro atoms. The minimum Gasteiger partial charge on any atom is -0.494 e. The van der Waals surface area contributed by atoms with E-state index in [1.165, 1.54) is 11.3 Å². The first kappa shape index (κ1) is 40.0. The van der Waals surface area contributed by atoms with Crippen molar-refractivity contribution in [2.24, 2.45) is 11.1 Å². The van der Waals surface area contributed by atoms with Gasteiger partial charge in [0.2, 0.25) is 23.6 Å². The zero-order valence-corrected chi connectivity index (χ0v) is 31.7. The number of amides is 4. The van der Waals surface area contributed by atoms with Gasteiger partial charge < -0.3 is 36.1 Å². The largest absolute Gasteiger partial charge is 0.494 e. The Kier molecular flexibility index (Phi) is 14.9. The van der Waals surface area contributed by atoms with E-state index in [0.717, 1.165) is 69.1 Å². The van der Waals surface area contributed by atoms with Gasteiger partial charge in [-0.1, -0.05) is 56.0 Å². The lowest BCUT2D eigenvalue weighted by Crippen LogP contribution is -2.53. The van der Waals surface area contributed by atoms with E-state index >= 15 is 0 Å². The Morgan fingerprint density at radius 2 is 1.81 bits per heavy atom. The Labute approximate surface area is 317 Å². The molecule has 1 aromatic carbocycles. The second-order valence-corrected chi connectivity index (χ2v) is 15.5. The number of thiophene rings is 1. The highest BCUT2D eigenvalue weighted by molar-refractivity contribution is 7.10. The molecule has 6 N–H and O–H groups in total. The molecule has 4 amide bonds. The number of amidine groups is 1. The molecule has 0 radical (unpaired) electrons. The Balaban J connectivity index is 1.27. The summed E-state index contributed by atoms with van der Waals surface area (Å²) in [5.74, 6) is -0.686. The third-order valence-corrected chi connectivity index (χ3v) is 11.6. The average Bonchev–Trinajstić information content (AvgIpc) is 3.45. The van der Waals surface area contributed by atoms with Crippen LogP contribution in [0.2, 0.25) is 0 Å². The van der Waals surface area contributed by atoms with Crippen LogP contribution in [0.25, 0.3) is 0 Å². The summed E-state index contributed by atoms with van der Waals surface area (Å²) in [6.07, 6.45) is 15.3. The molecule has 13 heteroatoms. The third kappa shape index (κ3) is 11.6. The molecule has 1 saturated carbocycles. The van der Waals surface area contributed by atoms with Crippen LogP contribution in [0.1, 0.15) is 107 Å². The summed E-state index contributed by atoms with van der Waals surface area (Å²) < 4.78 is 12.0. The molecule has 1 aromatic heterocycles. The number of piperidine rings is 1. The highest BCUT2D eigenvalue weighted by Gasteiger charge is 2.67. The predicted octanol–water partition coefficient (Wildman–Crippen LogP) is 5.13. The lowest BCUT2D eigenvalue weighted by molar-refractivity contribution is -0.140. The Hall–Kier alpha value is -4.23. The van der Waals surface area contributed by atoms with Crippen molar-refractivity contribution in [3.63, 3.8) is 0 Å². The molecular formula is C40H56N6O6S. The lowest BCUT2D eigenvalue weighted by atomic mass is 10.00. The number of benzene rings is 1. The first-order chi connectivity index (χ1) is 25.7. The number of allylic oxidation sites excluding steroid dienone is 2. The van der Waals surface area contributed by atoms with Gasteiger partial charge in [-0.3, -0.25) is 24.6 Å². The maximum atomic E-state index is 13.9. The topological polar surface area (TPSA) is 176 Å². The van der Waals surface area contributed by atoms with Crippen molar-refractivity contribution < 1.29 is 28.7 Å². The number of nitrogen functional groups attached to an aromatic ring is 1. The number of carbonyl (C=O) groups excluding carboxylic acids is 4. The summed E-state index contributed by atoms with van der Waals surface area (Å²) >= 11 is 1.41. The molecule has 1 saturated heterocycles. The van der Waals surface area contributed by atoms with E-state index in [2.05, 4.69) is 28.1 Å². The molecule has 2 fully saturated rings. The fraction of sp³-hybridized carbons (Fsp3) is 0.575. The van der Waals surface area contributed by atoms with E-state index in [4.69, 9.17) is 20.6 Å². The van der Waals surface area contributed by atoms with Crippen molar-refractivity contribution in [3.05, 3.63) is 64.4 Å². The van der Waals surface area contributed by atoms with Gasteiger partial charge in [0.15, 0.2) is 0 Å². The summed E-state index contributed by atoms with van der Waals surface area (Å²) in [5.41, 5.74) is 5.94. The van der Waals surface area contributed by atoms with E-state index in [1.54, 1.807) is 16.3 Å². The van der Waals surface area contributed by atoms with Crippen LogP contribution in [0, 0.1) is 10.8 Å². The molecule has 5 atom stereocenters. The van der Waals surface area contributed by atoms with Crippen molar-refractivity contribution in [1.29, 1.82) is 5.41 Å². The van der Waals surface area contributed by atoms with Crippen molar-refractivity contribution >= 4 is 40.8 Å². The van der Waals surface area contributed by atoms with E-state index < -0.39 is 18.0 Å². The fourth-order valence-corrected chi connectivity index (χ4v) is 8.23. The minimum absolute atomic E-state index is 0.0377. The molecule has 2 bridgehead atoms. The second-order valence-electron chi connectivity index (χ2n) is 14.6. The summed E-state index contributed by atoms with van der Waals surface area (Å²) in [5, 5.41) is 18.2. The minimum atomic E-state index is -0.890. The van der Waals surface area contributed by atoms with E-state index in [9.17, 15) is 19.2 Å². The van der Waals surface area contributed by atoms with E-state index in [1.807, 2.05) is 37.3 Å². The Morgan fingerprint density at radius 1 is 1.08 bits per heavy atom.